The van der Waals surface area contributed by atoms with Crippen LogP contribution in [0, 0.1) is 5.82 Å². The van der Waals surface area contributed by atoms with Gasteiger partial charge >= 0.3 is 6.18 Å². The molecule has 0 saturated heterocycles. The molecule has 0 saturated carbocycles. The van der Waals surface area contributed by atoms with Crippen LogP contribution in [0.2, 0.25) is 0 Å². The van der Waals surface area contributed by atoms with Gasteiger partial charge in [0, 0.05) is 12.6 Å². The molecule has 0 aromatic heterocycles. The standard InChI is InChI=1S/C12H13F4N/c1-3-8(2)17-7-9-4-10(12(14,15)16)6-11(13)5-9/h3-6,8,17H,1,7H2,2H3. The lowest BCUT2D eigenvalue weighted by Gasteiger charge is -2.12. The summed E-state index contributed by atoms with van der Waals surface area (Å²) in [6.45, 7) is 5.49. The van der Waals surface area contributed by atoms with Crippen molar-refractivity contribution in [3.63, 3.8) is 0 Å². The molecule has 5 heteroatoms. The first-order valence-corrected chi connectivity index (χ1v) is 5.05. The number of benzene rings is 1. The van der Waals surface area contributed by atoms with E-state index in [1.807, 2.05) is 0 Å². The Morgan fingerprint density at radius 1 is 1.35 bits per heavy atom. The van der Waals surface area contributed by atoms with Crippen molar-refractivity contribution in [2.24, 2.45) is 0 Å². The van der Waals surface area contributed by atoms with Crippen molar-refractivity contribution >= 4 is 0 Å². The third kappa shape index (κ3) is 4.19. The number of halogens is 4. The Hall–Kier alpha value is -1.36. The van der Waals surface area contributed by atoms with Crippen LogP contribution < -0.4 is 5.32 Å². The summed E-state index contributed by atoms with van der Waals surface area (Å²) in [5.41, 5.74) is -0.716. The van der Waals surface area contributed by atoms with E-state index in [0.717, 1.165) is 12.1 Å². The highest BCUT2D eigenvalue weighted by Crippen LogP contribution is 2.30. The molecule has 0 aliphatic carbocycles. The average Bonchev–Trinajstić information content (AvgIpc) is 2.24. The lowest BCUT2D eigenvalue weighted by molar-refractivity contribution is -0.137. The molecule has 1 aromatic rings. The predicted octanol–water partition coefficient (Wildman–Crippen LogP) is 3.51. The van der Waals surface area contributed by atoms with Crippen molar-refractivity contribution in [2.45, 2.75) is 25.7 Å². The molecule has 1 aromatic carbocycles. The summed E-state index contributed by atoms with van der Waals surface area (Å²) in [5.74, 6) is -0.886. The minimum atomic E-state index is -4.53. The number of nitrogens with one attached hydrogen (secondary N) is 1. The summed E-state index contributed by atoms with van der Waals surface area (Å²) >= 11 is 0. The zero-order chi connectivity index (χ0) is 13.1. The molecule has 0 aliphatic rings. The van der Waals surface area contributed by atoms with Gasteiger partial charge in [0.1, 0.15) is 5.82 Å². The van der Waals surface area contributed by atoms with Crippen molar-refractivity contribution in [1.82, 2.24) is 5.32 Å². The van der Waals surface area contributed by atoms with Crippen molar-refractivity contribution < 1.29 is 17.6 Å². The summed E-state index contributed by atoms with van der Waals surface area (Å²) in [5, 5.41) is 2.90. The maximum Gasteiger partial charge on any atom is 0.416 e. The van der Waals surface area contributed by atoms with Gasteiger partial charge in [-0.2, -0.15) is 13.2 Å². The Kier molecular flexibility index (Phi) is 4.28. The number of hydrogen-bond donors (Lipinski definition) is 1. The maximum absolute atomic E-state index is 13.0. The van der Waals surface area contributed by atoms with E-state index in [-0.39, 0.29) is 18.2 Å². The second kappa shape index (κ2) is 5.31. The molecule has 0 bridgehead atoms. The summed E-state index contributed by atoms with van der Waals surface area (Å²) in [6, 6.07) is 2.46. The van der Waals surface area contributed by atoms with Gasteiger partial charge < -0.3 is 5.32 Å². The van der Waals surface area contributed by atoms with Crippen LogP contribution in [0.3, 0.4) is 0 Å². The normalized spacial score (nSPS) is 13.5. The van der Waals surface area contributed by atoms with E-state index in [9.17, 15) is 17.6 Å². The molecule has 1 N–H and O–H groups in total. The number of hydrogen-bond acceptors (Lipinski definition) is 1. The molecule has 0 heterocycles. The topological polar surface area (TPSA) is 12.0 Å². The molecule has 0 aliphatic heterocycles. The molecule has 0 amide bonds. The van der Waals surface area contributed by atoms with Crippen LogP contribution >= 0.6 is 0 Å². The average molecular weight is 247 g/mol. The molecule has 0 radical (unpaired) electrons. The highest BCUT2D eigenvalue weighted by molar-refractivity contribution is 5.26. The highest BCUT2D eigenvalue weighted by Gasteiger charge is 2.31. The summed E-state index contributed by atoms with van der Waals surface area (Å²) in [4.78, 5) is 0. The Labute approximate surface area is 97.1 Å². The first-order chi connectivity index (χ1) is 7.82. The van der Waals surface area contributed by atoms with Gasteiger partial charge in [-0.3, -0.25) is 0 Å². The Bertz CT molecular complexity index is 398. The fraction of sp³-hybridized carbons (Fsp3) is 0.333. The van der Waals surface area contributed by atoms with Gasteiger partial charge in [-0.05, 0) is 30.7 Å². The Morgan fingerprint density at radius 2 is 2.00 bits per heavy atom. The van der Waals surface area contributed by atoms with Crippen molar-refractivity contribution in [1.29, 1.82) is 0 Å². The van der Waals surface area contributed by atoms with Crippen LogP contribution in [0.25, 0.3) is 0 Å². The van der Waals surface area contributed by atoms with E-state index in [1.165, 1.54) is 0 Å². The molecule has 94 valence electrons. The van der Waals surface area contributed by atoms with Gasteiger partial charge in [0.05, 0.1) is 5.56 Å². The molecule has 1 unspecified atom stereocenters. The third-order valence-corrected chi connectivity index (χ3v) is 2.27. The van der Waals surface area contributed by atoms with E-state index < -0.39 is 17.6 Å². The summed E-state index contributed by atoms with van der Waals surface area (Å²) in [7, 11) is 0. The van der Waals surface area contributed by atoms with E-state index in [1.54, 1.807) is 13.0 Å². The second-order valence-corrected chi connectivity index (χ2v) is 3.75. The number of rotatable bonds is 4. The van der Waals surface area contributed by atoms with Gasteiger partial charge in [0.2, 0.25) is 0 Å². The lowest BCUT2D eigenvalue weighted by atomic mass is 10.1. The molecule has 0 fully saturated rings. The SMILES string of the molecule is C=CC(C)NCc1cc(F)cc(C(F)(F)F)c1. The van der Waals surface area contributed by atoms with Gasteiger partial charge in [-0.25, -0.2) is 4.39 Å². The van der Waals surface area contributed by atoms with Crippen LogP contribution in [0.1, 0.15) is 18.1 Å². The van der Waals surface area contributed by atoms with Gasteiger partial charge in [-0.15, -0.1) is 6.58 Å². The zero-order valence-corrected chi connectivity index (χ0v) is 9.31. The molecule has 1 rings (SSSR count). The fourth-order valence-electron chi connectivity index (χ4n) is 1.28. The van der Waals surface area contributed by atoms with Crippen molar-refractivity contribution in [3.8, 4) is 0 Å². The van der Waals surface area contributed by atoms with Crippen LogP contribution in [0.4, 0.5) is 17.6 Å². The summed E-state index contributed by atoms with van der Waals surface area (Å²) < 4.78 is 50.2. The van der Waals surface area contributed by atoms with Crippen molar-refractivity contribution in [2.75, 3.05) is 0 Å². The summed E-state index contributed by atoms with van der Waals surface area (Å²) in [6.07, 6.45) is -2.91. The van der Waals surface area contributed by atoms with Crippen LogP contribution in [0.15, 0.2) is 30.9 Å². The Morgan fingerprint density at radius 3 is 2.53 bits per heavy atom. The first kappa shape index (κ1) is 13.7. The van der Waals surface area contributed by atoms with Gasteiger partial charge in [-0.1, -0.05) is 6.08 Å². The minimum Gasteiger partial charge on any atom is -0.307 e. The maximum atomic E-state index is 13.0. The largest absolute Gasteiger partial charge is 0.416 e. The van der Waals surface area contributed by atoms with Crippen LogP contribution in [-0.4, -0.2) is 6.04 Å². The minimum absolute atomic E-state index is 0.0485. The van der Waals surface area contributed by atoms with Crippen molar-refractivity contribution in [3.05, 3.63) is 47.8 Å². The van der Waals surface area contributed by atoms with Crippen LogP contribution in [0.5, 0.6) is 0 Å². The highest BCUT2D eigenvalue weighted by atomic mass is 19.4. The molecule has 1 atom stereocenters. The fourth-order valence-corrected chi connectivity index (χ4v) is 1.28. The second-order valence-electron chi connectivity index (χ2n) is 3.75. The predicted molar refractivity (Wildman–Crippen MR) is 57.9 cm³/mol. The monoisotopic (exact) mass is 247 g/mol. The molecular formula is C12H13F4N. The quantitative estimate of drug-likeness (QED) is 0.634. The molecule has 17 heavy (non-hydrogen) atoms. The van der Waals surface area contributed by atoms with E-state index >= 15 is 0 Å². The van der Waals surface area contributed by atoms with Gasteiger partial charge in [0.15, 0.2) is 0 Å². The first-order valence-electron chi connectivity index (χ1n) is 5.05. The van der Waals surface area contributed by atoms with E-state index in [0.29, 0.717) is 6.07 Å². The number of alkyl halides is 3. The van der Waals surface area contributed by atoms with Gasteiger partial charge in [0.25, 0.3) is 0 Å². The zero-order valence-electron chi connectivity index (χ0n) is 9.31. The Balaban J connectivity index is 2.86. The smallest absolute Gasteiger partial charge is 0.307 e. The molecule has 1 nitrogen and oxygen atoms in total. The molecule has 0 spiro atoms. The van der Waals surface area contributed by atoms with E-state index in [4.69, 9.17) is 0 Å². The molecular weight excluding hydrogens is 234 g/mol. The van der Waals surface area contributed by atoms with Crippen LogP contribution in [-0.2, 0) is 12.7 Å². The lowest BCUT2D eigenvalue weighted by Crippen LogP contribution is -2.23. The third-order valence-electron chi connectivity index (χ3n) is 2.27. The van der Waals surface area contributed by atoms with E-state index in [2.05, 4.69) is 11.9 Å².